The average molecular weight is 281 g/mol. The first kappa shape index (κ1) is 13.7. The Bertz CT molecular complexity index is 621. The van der Waals surface area contributed by atoms with Gasteiger partial charge in [-0.2, -0.15) is 0 Å². The van der Waals surface area contributed by atoms with Crippen LogP contribution in [0.5, 0.6) is 0 Å². The molecule has 1 aromatic rings. The summed E-state index contributed by atoms with van der Waals surface area (Å²) >= 11 is 0. The quantitative estimate of drug-likeness (QED) is 0.821. The lowest BCUT2D eigenvalue weighted by Gasteiger charge is -2.14. The van der Waals surface area contributed by atoms with Gasteiger partial charge in [0.25, 0.3) is 15.9 Å². The van der Waals surface area contributed by atoms with Crippen molar-refractivity contribution in [1.82, 2.24) is 4.31 Å². The predicted molar refractivity (Wildman–Crippen MR) is 69.2 cm³/mol. The van der Waals surface area contributed by atoms with Gasteiger partial charge >= 0.3 is 0 Å². The fraction of sp³-hybridized carbons (Fsp3) is 0.385. The summed E-state index contributed by atoms with van der Waals surface area (Å²) in [5.41, 5.74) is 0.212. The number of ketones is 1. The monoisotopic (exact) mass is 281 g/mol. The number of rotatable bonds is 5. The molecule has 1 aliphatic heterocycles. The molecule has 0 N–H and O–H groups in total. The molecule has 6 heteroatoms. The fourth-order valence-corrected chi connectivity index (χ4v) is 3.66. The molecule has 0 saturated heterocycles. The highest BCUT2D eigenvalue weighted by molar-refractivity contribution is 7.90. The predicted octanol–water partition coefficient (Wildman–Crippen LogP) is 1.59. The van der Waals surface area contributed by atoms with E-state index in [9.17, 15) is 18.0 Å². The highest BCUT2D eigenvalue weighted by Crippen LogP contribution is 2.29. The van der Waals surface area contributed by atoms with Crippen molar-refractivity contribution in [3.8, 4) is 0 Å². The van der Waals surface area contributed by atoms with Crippen molar-refractivity contribution in [3.05, 3.63) is 29.8 Å². The van der Waals surface area contributed by atoms with Crippen molar-refractivity contribution in [2.24, 2.45) is 0 Å². The summed E-state index contributed by atoms with van der Waals surface area (Å²) in [5.74, 6) is -0.430. The number of nitrogens with zero attached hydrogens (tertiary/aromatic N) is 1. The van der Waals surface area contributed by atoms with Gasteiger partial charge in [-0.05, 0) is 18.6 Å². The van der Waals surface area contributed by atoms with Gasteiger partial charge in [0, 0.05) is 19.4 Å². The number of amides is 1. The average Bonchev–Trinajstić information content (AvgIpc) is 2.60. The van der Waals surface area contributed by atoms with Crippen LogP contribution in [0.3, 0.4) is 0 Å². The Labute approximate surface area is 112 Å². The molecule has 0 bridgehead atoms. The smallest absolute Gasteiger partial charge is 0.269 e. The van der Waals surface area contributed by atoms with E-state index in [1.54, 1.807) is 19.1 Å². The number of carbonyl (C=O) groups is 2. The van der Waals surface area contributed by atoms with Crippen molar-refractivity contribution in [2.45, 2.75) is 31.1 Å². The molecule has 1 aliphatic rings. The van der Waals surface area contributed by atoms with Crippen molar-refractivity contribution in [1.29, 1.82) is 0 Å². The Kier molecular flexibility index (Phi) is 3.71. The maximum absolute atomic E-state index is 12.2. The van der Waals surface area contributed by atoms with Crippen LogP contribution in [-0.2, 0) is 14.8 Å². The number of hydrogen-bond donors (Lipinski definition) is 0. The van der Waals surface area contributed by atoms with Gasteiger partial charge in [0.05, 0.1) is 5.56 Å². The van der Waals surface area contributed by atoms with E-state index in [-0.39, 0.29) is 22.8 Å². The zero-order chi connectivity index (χ0) is 14.0. The van der Waals surface area contributed by atoms with Crippen LogP contribution in [0.4, 0.5) is 0 Å². The van der Waals surface area contributed by atoms with Crippen molar-refractivity contribution in [2.75, 3.05) is 6.54 Å². The number of sulfonamides is 1. The molecule has 0 fully saturated rings. The third-order valence-corrected chi connectivity index (χ3v) is 4.96. The molecule has 19 heavy (non-hydrogen) atoms. The molecule has 102 valence electrons. The van der Waals surface area contributed by atoms with Gasteiger partial charge in [-0.1, -0.05) is 19.1 Å². The molecule has 5 nitrogen and oxygen atoms in total. The third kappa shape index (κ3) is 2.40. The zero-order valence-electron chi connectivity index (χ0n) is 10.6. The molecule has 1 heterocycles. The topological polar surface area (TPSA) is 71.5 Å². The highest BCUT2D eigenvalue weighted by atomic mass is 32.2. The van der Waals surface area contributed by atoms with Crippen LogP contribution in [0.25, 0.3) is 0 Å². The first-order chi connectivity index (χ1) is 8.98. The number of hydrogen-bond acceptors (Lipinski definition) is 4. The minimum atomic E-state index is -3.73. The van der Waals surface area contributed by atoms with Crippen LogP contribution >= 0.6 is 0 Å². The summed E-state index contributed by atoms with van der Waals surface area (Å²) in [6.45, 7) is 1.82. The number of fused-ring (bicyclic) bond motifs is 1. The number of benzene rings is 1. The summed E-state index contributed by atoms with van der Waals surface area (Å²) in [6.07, 6.45) is 1.10. The van der Waals surface area contributed by atoms with E-state index in [1.165, 1.54) is 12.1 Å². The first-order valence-electron chi connectivity index (χ1n) is 6.16. The van der Waals surface area contributed by atoms with Gasteiger partial charge in [0.1, 0.15) is 10.7 Å². The van der Waals surface area contributed by atoms with Crippen LogP contribution in [-0.4, -0.2) is 31.0 Å². The Morgan fingerprint density at radius 1 is 1.26 bits per heavy atom. The van der Waals surface area contributed by atoms with Gasteiger partial charge in [0.15, 0.2) is 0 Å². The molecule has 0 aromatic heterocycles. The molecule has 0 atom stereocenters. The lowest BCUT2D eigenvalue weighted by Crippen LogP contribution is -2.31. The van der Waals surface area contributed by atoms with E-state index >= 15 is 0 Å². The lowest BCUT2D eigenvalue weighted by molar-refractivity contribution is -0.118. The highest BCUT2D eigenvalue weighted by Gasteiger charge is 2.40. The van der Waals surface area contributed by atoms with Gasteiger partial charge in [-0.25, -0.2) is 12.7 Å². The van der Waals surface area contributed by atoms with Crippen molar-refractivity contribution < 1.29 is 18.0 Å². The van der Waals surface area contributed by atoms with Gasteiger partial charge in [0.2, 0.25) is 0 Å². The van der Waals surface area contributed by atoms with Crippen molar-refractivity contribution >= 4 is 21.7 Å². The summed E-state index contributed by atoms with van der Waals surface area (Å²) in [4.78, 5) is 23.3. The molecule has 0 unspecified atom stereocenters. The van der Waals surface area contributed by atoms with Crippen LogP contribution < -0.4 is 0 Å². The Morgan fingerprint density at radius 2 is 1.95 bits per heavy atom. The standard InChI is InChI=1S/C13H15NO4S/c1-2-10(15)6-5-9-14-13(16)11-7-3-4-8-12(11)19(14,17)18/h3-4,7-8H,2,5-6,9H2,1H3. The fourth-order valence-electron chi connectivity index (χ4n) is 2.05. The molecule has 0 saturated carbocycles. The Balaban J connectivity index is 2.17. The van der Waals surface area contributed by atoms with E-state index < -0.39 is 15.9 Å². The summed E-state index contributed by atoms with van der Waals surface area (Å²) < 4.78 is 25.2. The first-order valence-corrected chi connectivity index (χ1v) is 7.60. The van der Waals surface area contributed by atoms with E-state index in [0.717, 1.165) is 4.31 Å². The largest absolute Gasteiger partial charge is 0.300 e. The second kappa shape index (κ2) is 5.13. The Morgan fingerprint density at radius 3 is 2.58 bits per heavy atom. The summed E-state index contributed by atoms with van der Waals surface area (Å²) in [6, 6.07) is 6.16. The molecular formula is C13H15NO4S. The third-order valence-electron chi connectivity index (χ3n) is 3.12. The molecule has 0 radical (unpaired) electrons. The minimum Gasteiger partial charge on any atom is -0.300 e. The minimum absolute atomic E-state index is 0.0571. The maximum Gasteiger partial charge on any atom is 0.269 e. The molecule has 1 amide bonds. The van der Waals surface area contributed by atoms with Gasteiger partial charge in [-0.15, -0.1) is 0 Å². The molecular weight excluding hydrogens is 266 g/mol. The molecule has 0 spiro atoms. The number of Topliss-reactive ketones (excluding diaryl/α,β-unsaturated/α-hetero) is 1. The van der Waals surface area contributed by atoms with Crippen LogP contribution in [0.2, 0.25) is 0 Å². The van der Waals surface area contributed by atoms with E-state index in [0.29, 0.717) is 19.3 Å². The molecule has 1 aromatic carbocycles. The second-order valence-corrected chi connectivity index (χ2v) is 6.20. The normalized spacial score (nSPS) is 16.5. The van der Waals surface area contributed by atoms with Gasteiger partial charge in [-0.3, -0.25) is 9.59 Å². The van der Waals surface area contributed by atoms with Gasteiger partial charge < -0.3 is 0 Å². The van der Waals surface area contributed by atoms with E-state index in [4.69, 9.17) is 0 Å². The molecule has 2 rings (SSSR count). The van der Waals surface area contributed by atoms with E-state index in [1.807, 2.05) is 0 Å². The molecule has 0 aliphatic carbocycles. The van der Waals surface area contributed by atoms with Crippen molar-refractivity contribution in [3.63, 3.8) is 0 Å². The SMILES string of the molecule is CCC(=O)CCCN1C(=O)c2ccccc2S1(=O)=O. The van der Waals surface area contributed by atoms with Crippen LogP contribution in [0.1, 0.15) is 36.5 Å². The summed E-state index contributed by atoms with van der Waals surface area (Å²) in [7, 11) is -3.73. The summed E-state index contributed by atoms with van der Waals surface area (Å²) in [5, 5.41) is 0. The Hall–Kier alpha value is -1.69. The zero-order valence-corrected chi connectivity index (χ0v) is 11.4. The maximum atomic E-state index is 12.2. The number of carbonyl (C=O) groups excluding carboxylic acids is 2. The van der Waals surface area contributed by atoms with Crippen LogP contribution in [0.15, 0.2) is 29.2 Å². The van der Waals surface area contributed by atoms with Crippen LogP contribution in [0, 0.1) is 0 Å². The lowest BCUT2D eigenvalue weighted by atomic mass is 10.2. The second-order valence-electron chi connectivity index (χ2n) is 4.37. The van der Waals surface area contributed by atoms with E-state index in [2.05, 4.69) is 0 Å².